The minimum Gasteiger partial charge on any atom is -0.454 e. The number of hydrogen-bond donors (Lipinski definition) is 0. The largest absolute Gasteiger partial charge is 0.454 e. The molecule has 0 radical (unpaired) electrons. The van der Waals surface area contributed by atoms with Crippen LogP contribution < -0.4 is 0 Å². The van der Waals surface area contributed by atoms with Crippen LogP contribution >= 0.6 is 0 Å². The summed E-state index contributed by atoms with van der Waals surface area (Å²) in [6.07, 6.45) is 4.05. The number of benzene rings is 8. The van der Waals surface area contributed by atoms with Crippen LogP contribution in [0.2, 0.25) is 0 Å². The van der Waals surface area contributed by atoms with Crippen LogP contribution in [-0.4, -0.2) is 24.5 Å². The Morgan fingerprint density at radius 3 is 1.95 bits per heavy atom. The van der Waals surface area contributed by atoms with Gasteiger partial charge in [-0.05, 0) is 80.3 Å². The van der Waals surface area contributed by atoms with Gasteiger partial charge in [0.05, 0.1) is 22.9 Å². The lowest BCUT2D eigenvalue weighted by molar-refractivity contribution is 0.666. The molecule has 0 bridgehead atoms. The van der Waals surface area contributed by atoms with Gasteiger partial charge < -0.3 is 8.98 Å². The van der Waals surface area contributed by atoms with Crippen molar-refractivity contribution >= 4 is 76.1 Å². The van der Waals surface area contributed by atoms with Crippen LogP contribution in [0.4, 0.5) is 0 Å². The number of rotatable bonds is 5. The second-order valence-electron chi connectivity index (χ2n) is 14.6. The molecule has 6 heteroatoms. The molecule has 0 spiro atoms. The van der Waals surface area contributed by atoms with Crippen molar-refractivity contribution in [3.63, 3.8) is 0 Å². The predicted molar refractivity (Wildman–Crippen MR) is 232 cm³/mol. The molecule has 12 aromatic rings. The van der Waals surface area contributed by atoms with Gasteiger partial charge in [0.2, 0.25) is 0 Å². The van der Waals surface area contributed by atoms with Crippen LogP contribution in [0.3, 0.4) is 0 Å². The minimum absolute atomic E-state index is 0.423. The lowest BCUT2D eigenvalue weighted by Gasteiger charge is -2.16. The van der Waals surface area contributed by atoms with Crippen molar-refractivity contribution in [3.05, 3.63) is 188 Å². The summed E-state index contributed by atoms with van der Waals surface area (Å²) in [5.41, 5.74) is 7.80. The quantitative estimate of drug-likeness (QED) is 0.165. The molecule has 0 aliphatic rings. The fourth-order valence-electron chi connectivity index (χ4n) is 8.83. The molecule has 266 valence electrons. The Bertz CT molecular complexity index is 3530. The maximum Gasteiger partial charge on any atom is 0.164 e. The molecule has 4 heterocycles. The van der Waals surface area contributed by atoms with Gasteiger partial charge in [-0.3, -0.25) is 4.98 Å². The molecule has 0 aliphatic carbocycles. The Labute approximate surface area is 326 Å². The minimum atomic E-state index is 0.423. The van der Waals surface area contributed by atoms with E-state index < -0.39 is 0 Å². The predicted octanol–water partition coefficient (Wildman–Crippen LogP) is 12.6. The zero-order valence-electron chi connectivity index (χ0n) is 30.6. The van der Waals surface area contributed by atoms with Gasteiger partial charge >= 0.3 is 0 Å². The summed E-state index contributed by atoms with van der Waals surface area (Å²) in [7, 11) is 0. The highest BCUT2D eigenvalue weighted by molar-refractivity contribution is 6.14. The summed E-state index contributed by atoms with van der Waals surface area (Å²) < 4.78 is 8.85. The van der Waals surface area contributed by atoms with Crippen LogP contribution in [0.25, 0.3) is 105 Å². The molecule has 0 N–H and O–H groups in total. The molecule has 57 heavy (non-hydrogen) atoms. The van der Waals surface area contributed by atoms with Crippen LogP contribution in [0.1, 0.15) is 11.4 Å². The van der Waals surface area contributed by atoms with E-state index in [9.17, 15) is 0 Å². The van der Waals surface area contributed by atoms with E-state index >= 15 is 0 Å². The number of para-hydroxylation sites is 2. The molecule has 8 aromatic carbocycles. The number of aromatic nitrogens is 5. The fourth-order valence-corrected chi connectivity index (χ4v) is 8.83. The molecule has 0 fully saturated rings. The zero-order valence-corrected chi connectivity index (χ0v) is 30.6. The van der Waals surface area contributed by atoms with E-state index in [0.29, 0.717) is 23.9 Å². The Morgan fingerprint density at radius 1 is 0.474 bits per heavy atom. The second-order valence-corrected chi connectivity index (χ2v) is 14.6. The third-order valence-corrected chi connectivity index (χ3v) is 11.4. The van der Waals surface area contributed by atoms with E-state index in [2.05, 4.69) is 167 Å². The third-order valence-electron chi connectivity index (χ3n) is 11.4. The molecule has 12 rings (SSSR count). The standard InChI is InChI=1S/C51H31N5O/c1-2-12-32-27-34(22-21-31(32)11-1)50-53-48(54-51(55-50)41-28-33-13-3-4-14-35(33)36-15-5-6-16-37(36)41)29-42-45(23-24-46-49(42)40-25-26-52-30-47(40)57-46)56-43-19-9-7-17-38(43)39-18-8-10-20-44(39)56/h1-28,30H,29H2. The zero-order chi connectivity index (χ0) is 37.5. The SMILES string of the molecule is c1ccc2cc(-c3nc(Cc4c(-n5c6ccccc6c6ccccc65)ccc5oc6cnccc6c45)nc(-c4cc5ccccc5c5ccccc45)n3)ccc2c1. The van der Waals surface area contributed by atoms with Crippen LogP contribution in [-0.2, 0) is 6.42 Å². The summed E-state index contributed by atoms with van der Waals surface area (Å²) in [6, 6.07) is 57.7. The Morgan fingerprint density at radius 2 is 1.14 bits per heavy atom. The maximum absolute atomic E-state index is 6.47. The monoisotopic (exact) mass is 729 g/mol. The first-order valence-electron chi connectivity index (χ1n) is 19.2. The van der Waals surface area contributed by atoms with Crippen molar-refractivity contribution in [3.8, 4) is 28.5 Å². The first-order chi connectivity index (χ1) is 28.2. The summed E-state index contributed by atoms with van der Waals surface area (Å²) in [6.45, 7) is 0. The molecule has 0 amide bonds. The van der Waals surface area contributed by atoms with Crippen molar-refractivity contribution < 1.29 is 4.42 Å². The van der Waals surface area contributed by atoms with Gasteiger partial charge in [0.15, 0.2) is 17.2 Å². The van der Waals surface area contributed by atoms with E-state index in [1.165, 1.54) is 21.5 Å². The Balaban J connectivity index is 1.15. The highest BCUT2D eigenvalue weighted by Gasteiger charge is 2.23. The van der Waals surface area contributed by atoms with Crippen molar-refractivity contribution in [1.29, 1.82) is 0 Å². The summed E-state index contributed by atoms with van der Waals surface area (Å²) in [4.78, 5) is 20.4. The highest BCUT2D eigenvalue weighted by atomic mass is 16.3. The van der Waals surface area contributed by atoms with Gasteiger partial charge in [0.1, 0.15) is 11.4 Å². The molecule has 4 aromatic heterocycles. The molecule has 0 saturated heterocycles. The Kier molecular flexibility index (Phi) is 6.89. The molecule has 0 atom stereocenters. The molecule has 0 saturated carbocycles. The second kappa shape index (κ2) is 12.4. The number of nitrogens with zero attached hydrogens (tertiary/aromatic N) is 5. The number of fused-ring (bicyclic) bond motifs is 10. The Hall–Kier alpha value is -7.70. The van der Waals surface area contributed by atoms with Crippen molar-refractivity contribution in [2.45, 2.75) is 6.42 Å². The van der Waals surface area contributed by atoms with Gasteiger partial charge in [-0.1, -0.05) is 121 Å². The normalized spacial score (nSPS) is 11.9. The lowest BCUT2D eigenvalue weighted by Crippen LogP contribution is -2.07. The van der Waals surface area contributed by atoms with Gasteiger partial charge in [0.25, 0.3) is 0 Å². The first kappa shape index (κ1) is 31.6. The van der Waals surface area contributed by atoms with Crippen molar-refractivity contribution in [2.75, 3.05) is 0 Å². The van der Waals surface area contributed by atoms with E-state index in [-0.39, 0.29) is 0 Å². The van der Waals surface area contributed by atoms with Crippen molar-refractivity contribution in [1.82, 2.24) is 24.5 Å². The van der Waals surface area contributed by atoms with Crippen LogP contribution in [0, 0.1) is 0 Å². The topological polar surface area (TPSA) is 69.6 Å². The van der Waals surface area contributed by atoms with E-state index in [1.807, 2.05) is 12.3 Å². The summed E-state index contributed by atoms with van der Waals surface area (Å²) in [5, 5.41) is 11.3. The molecule has 0 aliphatic heterocycles. The van der Waals surface area contributed by atoms with Crippen LogP contribution in [0.5, 0.6) is 0 Å². The number of furan rings is 1. The highest BCUT2D eigenvalue weighted by Crippen LogP contribution is 2.40. The maximum atomic E-state index is 6.47. The van der Waals surface area contributed by atoms with Gasteiger partial charge in [-0.2, -0.15) is 0 Å². The molecule has 0 unspecified atom stereocenters. The average Bonchev–Trinajstić information content (AvgIpc) is 3.82. The van der Waals surface area contributed by atoms with Gasteiger partial charge in [-0.25, -0.2) is 15.0 Å². The number of pyridine rings is 1. The van der Waals surface area contributed by atoms with E-state index in [0.717, 1.165) is 76.9 Å². The average molecular weight is 730 g/mol. The number of hydrogen-bond acceptors (Lipinski definition) is 5. The molecular weight excluding hydrogens is 699 g/mol. The molecular formula is C51H31N5O. The van der Waals surface area contributed by atoms with Crippen LogP contribution in [0.15, 0.2) is 181 Å². The van der Waals surface area contributed by atoms with Gasteiger partial charge in [0, 0.05) is 45.3 Å². The van der Waals surface area contributed by atoms with E-state index in [1.54, 1.807) is 6.20 Å². The first-order valence-corrected chi connectivity index (χ1v) is 19.2. The summed E-state index contributed by atoms with van der Waals surface area (Å²) in [5.74, 6) is 1.93. The molecule has 6 nitrogen and oxygen atoms in total. The third kappa shape index (κ3) is 4.97. The van der Waals surface area contributed by atoms with Gasteiger partial charge in [-0.15, -0.1) is 0 Å². The van der Waals surface area contributed by atoms with E-state index in [4.69, 9.17) is 19.4 Å². The smallest absolute Gasteiger partial charge is 0.164 e. The van der Waals surface area contributed by atoms with Crippen molar-refractivity contribution in [2.24, 2.45) is 0 Å². The lowest BCUT2D eigenvalue weighted by atomic mass is 9.96. The summed E-state index contributed by atoms with van der Waals surface area (Å²) >= 11 is 0. The fraction of sp³-hybridized carbons (Fsp3) is 0.0196.